The van der Waals surface area contributed by atoms with E-state index in [1.54, 1.807) is 0 Å². The summed E-state index contributed by atoms with van der Waals surface area (Å²) in [6.07, 6.45) is 7.54. The lowest BCUT2D eigenvalue weighted by molar-refractivity contribution is -0.138. The molecule has 4 nitrogen and oxygen atoms in total. The van der Waals surface area contributed by atoms with Crippen LogP contribution in [0.25, 0.3) is 0 Å². The van der Waals surface area contributed by atoms with Crippen LogP contribution in [0.2, 0.25) is 0 Å². The van der Waals surface area contributed by atoms with Crippen LogP contribution in [-0.2, 0) is 9.59 Å². The van der Waals surface area contributed by atoms with E-state index in [0.717, 1.165) is 12.3 Å². The first kappa shape index (κ1) is 14.0. The number of hydrogen-bond donors (Lipinski definition) is 2. The molecule has 0 unspecified atom stereocenters. The maximum absolute atomic E-state index is 11.4. The molecule has 0 aromatic carbocycles. The van der Waals surface area contributed by atoms with Crippen molar-refractivity contribution in [2.75, 3.05) is 0 Å². The van der Waals surface area contributed by atoms with Gasteiger partial charge in [-0.25, -0.2) is 0 Å². The molecule has 0 aromatic heterocycles. The summed E-state index contributed by atoms with van der Waals surface area (Å²) in [5, 5.41) is 11.4. The minimum Gasteiger partial charge on any atom is -0.481 e. The summed E-state index contributed by atoms with van der Waals surface area (Å²) in [6, 6.07) is 0.166. The molecule has 0 spiro atoms. The number of carbonyl (C=O) groups excluding carboxylic acids is 1. The highest BCUT2D eigenvalue weighted by Gasteiger charge is 2.17. The minimum atomic E-state index is -0.917. The number of aliphatic carboxylic acids is 1. The van der Waals surface area contributed by atoms with Gasteiger partial charge in [-0.1, -0.05) is 32.1 Å². The van der Waals surface area contributed by atoms with Gasteiger partial charge >= 0.3 is 5.97 Å². The Balaban J connectivity index is 2.16. The Bertz CT molecular complexity index is 259. The van der Waals surface area contributed by atoms with Crippen LogP contribution in [0.1, 0.15) is 58.3 Å². The van der Waals surface area contributed by atoms with Crippen molar-refractivity contribution in [2.45, 2.75) is 64.3 Å². The molecule has 0 saturated heterocycles. The average molecular weight is 241 g/mol. The lowest BCUT2D eigenvalue weighted by atomic mass is 9.85. The van der Waals surface area contributed by atoms with Gasteiger partial charge in [-0.05, 0) is 19.3 Å². The molecule has 2 N–H and O–H groups in total. The number of carboxylic acid groups (broad SMARTS) is 1. The fourth-order valence-corrected chi connectivity index (χ4v) is 2.55. The Kier molecular flexibility index (Phi) is 6.01. The highest BCUT2D eigenvalue weighted by Crippen LogP contribution is 2.27. The smallest absolute Gasteiger partial charge is 0.303 e. The number of nitrogens with one attached hydrogen (secondary N) is 1. The zero-order chi connectivity index (χ0) is 12.7. The van der Waals surface area contributed by atoms with Crippen molar-refractivity contribution in [1.29, 1.82) is 0 Å². The third kappa shape index (κ3) is 6.29. The Labute approximate surface area is 103 Å². The van der Waals surface area contributed by atoms with E-state index < -0.39 is 5.97 Å². The van der Waals surface area contributed by atoms with E-state index in [0.29, 0.717) is 0 Å². The molecule has 98 valence electrons. The zero-order valence-corrected chi connectivity index (χ0v) is 10.6. The summed E-state index contributed by atoms with van der Waals surface area (Å²) in [6.45, 7) is 2.01. The number of hydrogen-bond acceptors (Lipinski definition) is 2. The molecule has 0 aromatic rings. The van der Waals surface area contributed by atoms with Gasteiger partial charge in [0.25, 0.3) is 0 Å². The predicted molar refractivity (Wildman–Crippen MR) is 65.7 cm³/mol. The van der Waals surface area contributed by atoms with Crippen molar-refractivity contribution in [3.63, 3.8) is 0 Å². The zero-order valence-electron chi connectivity index (χ0n) is 10.6. The topological polar surface area (TPSA) is 66.4 Å². The molecule has 4 heteroatoms. The van der Waals surface area contributed by atoms with Gasteiger partial charge in [-0.15, -0.1) is 0 Å². The van der Waals surface area contributed by atoms with Gasteiger partial charge < -0.3 is 10.4 Å². The second-order valence-corrected chi connectivity index (χ2v) is 5.10. The first-order valence-electron chi connectivity index (χ1n) is 6.59. The summed E-state index contributed by atoms with van der Waals surface area (Å²) in [4.78, 5) is 21.8. The van der Waals surface area contributed by atoms with E-state index in [1.165, 1.54) is 32.1 Å². The van der Waals surface area contributed by atoms with Crippen LogP contribution in [0.3, 0.4) is 0 Å². The maximum Gasteiger partial charge on any atom is 0.303 e. The fourth-order valence-electron chi connectivity index (χ4n) is 2.55. The summed E-state index contributed by atoms with van der Waals surface area (Å²) in [7, 11) is 0. The Morgan fingerprint density at radius 1 is 1.24 bits per heavy atom. The van der Waals surface area contributed by atoms with Gasteiger partial charge in [0.2, 0.25) is 5.91 Å². The molecule has 0 bridgehead atoms. The molecular weight excluding hydrogens is 218 g/mol. The highest BCUT2D eigenvalue weighted by atomic mass is 16.4. The molecule has 1 aliphatic rings. The molecular formula is C13H23NO3. The Morgan fingerprint density at radius 2 is 1.88 bits per heavy atom. The average Bonchev–Trinajstić information content (AvgIpc) is 2.27. The minimum absolute atomic E-state index is 0.0814. The quantitative estimate of drug-likeness (QED) is 0.750. The number of amides is 1. The van der Waals surface area contributed by atoms with E-state index in [9.17, 15) is 9.59 Å². The maximum atomic E-state index is 11.4. The highest BCUT2D eigenvalue weighted by molar-refractivity contribution is 5.80. The van der Waals surface area contributed by atoms with Crippen molar-refractivity contribution >= 4 is 11.9 Å². The second kappa shape index (κ2) is 7.30. The molecule has 1 fully saturated rings. The molecule has 1 saturated carbocycles. The van der Waals surface area contributed by atoms with Crippen LogP contribution < -0.4 is 5.32 Å². The van der Waals surface area contributed by atoms with Gasteiger partial charge in [-0.2, -0.15) is 0 Å². The van der Waals surface area contributed by atoms with Crippen LogP contribution in [0.4, 0.5) is 0 Å². The predicted octanol–water partition coefficient (Wildman–Crippen LogP) is 2.33. The van der Waals surface area contributed by atoms with E-state index in [4.69, 9.17) is 5.11 Å². The first-order chi connectivity index (χ1) is 8.08. The third-order valence-corrected chi connectivity index (χ3v) is 3.38. The standard InChI is InChI=1S/C13H23NO3/c1-10(9-11-5-3-2-4-6-11)14-12(15)7-8-13(16)17/h10-11H,2-9H2,1H3,(H,14,15)(H,16,17)/t10-/m1/s1. The number of carbonyl (C=O) groups is 2. The van der Waals surface area contributed by atoms with Crippen molar-refractivity contribution < 1.29 is 14.7 Å². The molecule has 1 aliphatic carbocycles. The first-order valence-corrected chi connectivity index (χ1v) is 6.59. The normalized spacial score (nSPS) is 18.6. The number of carboxylic acids is 1. The summed E-state index contributed by atoms with van der Waals surface area (Å²) < 4.78 is 0. The molecule has 0 aliphatic heterocycles. The molecule has 1 atom stereocenters. The van der Waals surface area contributed by atoms with Crippen LogP contribution in [-0.4, -0.2) is 23.0 Å². The van der Waals surface area contributed by atoms with E-state index in [1.807, 2.05) is 6.92 Å². The van der Waals surface area contributed by atoms with E-state index in [2.05, 4.69) is 5.32 Å². The third-order valence-electron chi connectivity index (χ3n) is 3.38. The largest absolute Gasteiger partial charge is 0.481 e. The molecule has 0 radical (unpaired) electrons. The number of rotatable bonds is 6. The van der Waals surface area contributed by atoms with Gasteiger partial charge in [0.05, 0.1) is 6.42 Å². The van der Waals surface area contributed by atoms with Gasteiger partial charge in [0.1, 0.15) is 0 Å². The van der Waals surface area contributed by atoms with Crippen LogP contribution in [0, 0.1) is 5.92 Å². The monoisotopic (exact) mass is 241 g/mol. The Morgan fingerprint density at radius 3 is 2.47 bits per heavy atom. The molecule has 0 heterocycles. The lowest BCUT2D eigenvalue weighted by Gasteiger charge is -2.25. The van der Waals surface area contributed by atoms with Gasteiger partial charge in [-0.3, -0.25) is 9.59 Å². The van der Waals surface area contributed by atoms with Gasteiger partial charge in [0, 0.05) is 12.5 Å². The molecule has 1 rings (SSSR count). The van der Waals surface area contributed by atoms with Crippen LogP contribution in [0.15, 0.2) is 0 Å². The summed E-state index contributed by atoms with van der Waals surface area (Å²) in [5.41, 5.74) is 0. The van der Waals surface area contributed by atoms with Crippen molar-refractivity contribution in [3.8, 4) is 0 Å². The molecule has 1 amide bonds. The van der Waals surface area contributed by atoms with E-state index >= 15 is 0 Å². The van der Waals surface area contributed by atoms with Crippen LogP contribution in [0.5, 0.6) is 0 Å². The van der Waals surface area contributed by atoms with Crippen molar-refractivity contribution in [3.05, 3.63) is 0 Å². The van der Waals surface area contributed by atoms with Crippen molar-refractivity contribution in [1.82, 2.24) is 5.32 Å². The lowest BCUT2D eigenvalue weighted by Crippen LogP contribution is -2.34. The second-order valence-electron chi connectivity index (χ2n) is 5.10. The SMILES string of the molecule is C[C@H](CC1CCCCC1)NC(=O)CCC(=O)O. The van der Waals surface area contributed by atoms with E-state index in [-0.39, 0.29) is 24.8 Å². The fraction of sp³-hybridized carbons (Fsp3) is 0.846. The van der Waals surface area contributed by atoms with Gasteiger partial charge in [0.15, 0.2) is 0 Å². The van der Waals surface area contributed by atoms with Crippen molar-refractivity contribution in [2.24, 2.45) is 5.92 Å². The Hall–Kier alpha value is -1.06. The summed E-state index contributed by atoms with van der Waals surface area (Å²) in [5.74, 6) is -0.325. The summed E-state index contributed by atoms with van der Waals surface area (Å²) >= 11 is 0. The van der Waals surface area contributed by atoms with Crippen LogP contribution >= 0.6 is 0 Å². The molecule has 17 heavy (non-hydrogen) atoms.